The number of nitrogens with one attached hydrogen (secondary N) is 2. The van der Waals surface area contributed by atoms with E-state index in [2.05, 4.69) is 20.8 Å². The first-order valence-corrected chi connectivity index (χ1v) is 8.66. The molecule has 0 saturated carbocycles. The average Bonchev–Trinajstić information content (AvgIpc) is 3.32. The van der Waals surface area contributed by atoms with Crippen molar-refractivity contribution < 1.29 is 18.4 Å². The Bertz CT molecular complexity index is 864. The molecule has 0 spiro atoms. The van der Waals surface area contributed by atoms with Crippen molar-refractivity contribution in [3.05, 3.63) is 54.3 Å². The summed E-state index contributed by atoms with van der Waals surface area (Å²) in [6, 6.07) is 12.2. The number of carbonyl (C=O) groups is 2. The Hall–Kier alpha value is -3.07. The molecule has 0 saturated heterocycles. The molecule has 26 heavy (non-hydrogen) atoms. The van der Waals surface area contributed by atoms with Gasteiger partial charge in [0.15, 0.2) is 5.76 Å². The molecule has 1 aromatic carbocycles. The number of furan rings is 1. The van der Waals surface area contributed by atoms with Crippen LogP contribution in [0.5, 0.6) is 0 Å². The van der Waals surface area contributed by atoms with Crippen molar-refractivity contribution >= 4 is 23.7 Å². The normalized spacial score (nSPS) is 11.7. The molecule has 2 aromatic heterocycles. The minimum atomic E-state index is -0.595. The lowest BCUT2D eigenvalue weighted by atomic mass is 10.2. The topological polar surface area (TPSA) is 110 Å². The number of benzene rings is 1. The zero-order valence-electron chi connectivity index (χ0n) is 13.8. The van der Waals surface area contributed by atoms with Crippen molar-refractivity contribution in [3.63, 3.8) is 0 Å². The summed E-state index contributed by atoms with van der Waals surface area (Å²) < 4.78 is 10.6. The number of hydrogen-bond donors (Lipinski definition) is 2. The molecule has 0 fully saturated rings. The summed E-state index contributed by atoms with van der Waals surface area (Å²) in [6.07, 6.45) is 1.50. The fourth-order valence-corrected chi connectivity index (χ4v) is 2.68. The number of imide groups is 1. The molecule has 1 unspecified atom stereocenters. The summed E-state index contributed by atoms with van der Waals surface area (Å²) in [5.74, 6) is 0.214. The van der Waals surface area contributed by atoms with Crippen molar-refractivity contribution in [2.24, 2.45) is 0 Å². The molecule has 0 bridgehead atoms. The minimum Gasteiger partial charge on any atom is -0.459 e. The van der Waals surface area contributed by atoms with Gasteiger partial charge in [-0.2, -0.15) is 0 Å². The van der Waals surface area contributed by atoms with Crippen LogP contribution >= 0.6 is 11.8 Å². The van der Waals surface area contributed by atoms with Crippen LogP contribution in [-0.2, 0) is 11.3 Å². The zero-order valence-corrected chi connectivity index (χ0v) is 14.7. The highest BCUT2D eigenvalue weighted by Gasteiger charge is 2.21. The summed E-state index contributed by atoms with van der Waals surface area (Å²) in [5, 5.41) is 12.2. The maximum Gasteiger partial charge on any atom is 0.321 e. The zero-order chi connectivity index (χ0) is 18.4. The summed E-state index contributed by atoms with van der Waals surface area (Å²) in [6.45, 7) is 1.97. The van der Waals surface area contributed by atoms with Gasteiger partial charge >= 0.3 is 6.03 Å². The quantitative estimate of drug-likeness (QED) is 0.640. The Kier molecular flexibility index (Phi) is 5.69. The standard InChI is InChI=1S/C17H16N4O4S/c1-11(26-17-21-20-15(25-17)13-8-5-9-24-13)14(22)19-16(23)18-10-12-6-3-2-4-7-12/h2-9,11H,10H2,1H3,(H2,18,19,22,23). The molecule has 3 aromatic rings. The highest BCUT2D eigenvalue weighted by atomic mass is 32.2. The van der Waals surface area contributed by atoms with E-state index in [1.807, 2.05) is 30.3 Å². The molecule has 134 valence electrons. The molecule has 2 N–H and O–H groups in total. The monoisotopic (exact) mass is 372 g/mol. The second kappa shape index (κ2) is 8.34. The van der Waals surface area contributed by atoms with Crippen molar-refractivity contribution in [3.8, 4) is 11.7 Å². The van der Waals surface area contributed by atoms with Gasteiger partial charge in [0.25, 0.3) is 11.1 Å². The van der Waals surface area contributed by atoms with Crippen LogP contribution in [0, 0.1) is 0 Å². The number of nitrogens with zero attached hydrogens (tertiary/aromatic N) is 2. The van der Waals surface area contributed by atoms with Gasteiger partial charge in [-0.15, -0.1) is 10.2 Å². The van der Waals surface area contributed by atoms with E-state index < -0.39 is 17.2 Å². The first-order valence-electron chi connectivity index (χ1n) is 7.78. The summed E-state index contributed by atoms with van der Waals surface area (Å²) in [4.78, 5) is 23.9. The van der Waals surface area contributed by atoms with Crippen LogP contribution in [0.4, 0.5) is 4.79 Å². The van der Waals surface area contributed by atoms with Gasteiger partial charge in [0.1, 0.15) is 0 Å². The van der Waals surface area contributed by atoms with Crippen molar-refractivity contribution in [2.75, 3.05) is 0 Å². The number of urea groups is 1. The second-order valence-corrected chi connectivity index (χ2v) is 6.56. The third-order valence-electron chi connectivity index (χ3n) is 3.32. The van der Waals surface area contributed by atoms with Gasteiger partial charge in [0.05, 0.1) is 11.5 Å². The highest BCUT2D eigenvalue weighted by molar-refractivity contribution is 8.00. The molecule has 3 rings (SSSR count). The molecular formula is C17H16N4O4S. The van der Waals surface area contributed by atoms with E-state index in [0.717, 1.165) is 17.3 Å². The van der Waals surface area contributed by atoms with E-state index in [-0.39, 0.29) is 11.1 Å². The van der Waals surface area contributed by atoms with Crippen LogP contribution in [0.3, 0.4) is 0 Å². The van der Waals surface area contributed by atoms with Gasteiger partial charge in [-0.3, -0.25) is 10.1 Å². The van der Waals surface area contributed by atoms with Gasteiger partial charge in [-0.1, -0.05) is 42.1 Å². The largest absolute Gasteiger partial charge is 0.459 e. The van der Waals surface area contributed by atoms with E-state index in [9.17, 15) is 9.59 Å². The Balaban J connectivity index is 1.47. The van der Waals surface area contributed by atoms with Crippen molar-refractivity contribution in [1.29, 1.82) is 0 Å². The van der Waals surface area contributed by atoms with Crippen molar-refractivity contribution in [1.82, 2.24) is 20.8 Å². The van der Waals surface area contributed by atoms with E-state index in [1.54, 1.807) is 19.1 Å². The predicted molar refractivity (Wildman–Crippen MR) is 94.1 cm³/mol. The molecular weight excluding hydrogens is 356 g/mol. The Morgan fingerprint density at radius 3 is 2.69 bits per heavy atom. The molecule has 8 nitrogen and oxygen atoms in total. The van der Waals surface area contributed by atoms with E-state index in [1.165, 1.54) is 6.26 Å². The third kappa shape index (κ3) is 4.73. The summed E-state index contributed by atoms with van der Waals surface area (Å²) in [5.41, 5.74) is 0.939. The molecule has 2 heterocycles. The summed E-state index contributed by atoms with van der Waals surface area (Å²) in [7, 11) is 0. The molecule has 9 heteroatoms. The minimum absolute atomic E-state index is 0.212. The lowest BCUT2D eigenvalue weighted by Gasteiger charge is -2.10. The predicted octanol–water partition coefficient (Wildman–Crippen LogP) is 2.84. The number of carbonyl (C=O) groups excluding carboxylic acids is 2. The smallest absolute Gasteiger partial charge is 0.321 e. The first-order chi connectivity index (χ1) is 12.6. The van der Waals surface area contributed by atoms with Crippen LogP contribution in [-0.4, -0.2) is 27.4 Å². The fourth-order valence-electron chi connectivity index (χ4n) is 2.00. The number of rotatable bonds is 6. The van der Waals surface area contributed by atoms with Gasteiger partial charge in [-0.25, -0.2) is 4.79 Å². The number of hydrogen-bond acceptors (Lipinski definition) is 7. The SMILES string of the molecule is CC(Sc1nnc(-c2ccco2)o1)C(=O)NC(=O)NCc1ccccc1. The summed E-state index contributed by atoms with van der Waals surface area (Å²) >= 11 is 1.05. The fraction of sp³-hybridized carbons (Fsp3) is 0.176. The third-order valence-corrected chi connectivity index (χ3v) is 4.25. The maximum atomic E-state index is 12.1. The molecule has 0 radical (unpaired) electrons. The van der Waals surface area contributed by atoms with Gasteiger partial charge in [-0.05, 0) is 24.6 Å². The van der Waals surface area contributed by atoms with Gasteiger partial charge in [0, 0.05) is 6.54 Å². The highest BCUT2D eigenvalue weighted by Crippen LogP contribution is 2.26. The molecule has 0 aliphatic heterocycles. The number of aromatic nitrogens is 2. The second-order valence-electron chi connectivity index (χ2n) is 5.27. The van der Waals surface area contributed by atoms with E-state index in [4.69, 9.17) is 8.83 Å². The molecule has 0 aliphatic carbocycles. The Morgan fingerprint density at radius 1 is 1.15 bits per heavy atom. The Labute approximate surface area is 153 Å². The first kappa shape index (κ1) is 17.7. The van der Waals surface area contributed by atoms with Crippen LogP contribution in [0.25, 0.3) is 11.7 Å². The van der Waals surface area contributed by atoms with Crippen molar-refractivity contribution in [2.45, 2.75) is 23.9 Å². The van der Waals surface area contributed by atoms with E-state index in [0.29, 0.717) is 12.3 Å². The lowest BCUT2D eigenvalue weighted by molar-refractivity contribution is -0.119. The van der Waals surface area contributed by atoms with Gasteiger partial charge in [0.2, 0.25) is 5.91 Å². The lowest BCUT2D eigenvalue weighted by Crippen LogP contribution is -2.42. The van der Waals surface area contributed by atoms with Crippen LogP contribution in [0.2, 0.25) is 0 Å². The number of amides is 3. The van der Waals surface area contributed by atoms with Crippen LogP contribution in [0.15, 0.2) is 62.8 Å². The van der Waals surface area contributed by atoms with Crippen LogP contribution < -0.4 is 10.6 Å². The van der Waals surface area contributed by atoms with Gasteiger partial charge < -0.3 is 14.2 Å². The maximum absolute atomic E-state index is 12.1. The number of thioether (sulfide) groups is 1. The Morgan fingerprint density at radius 2 is 1.96 bits per heavy atom. The average molecular weight is 372 g/mol. The van der Waals surface area contributed by atoms with Crippen LogP contribution in [0.1, 0.15) is 12.5 Å². The molecule has 3 amide bonds. The van der Waals surface area contributed by atoms with E-state index >= 15 is 0 Å². The molecule has 0 aliphatic rings. The molecule has 1 atom stereocenters.